The van der Waals surface area contributed by atoms with Gasteiger partial charge in [0.25, 0.3) is 5.91 Å². The summed E-state index contributed by atoms with van der Waals surface area (Å²) in [5.74, 6) is 1.30. The fourth-order valence-corrected chi connectivity index (χ4v) is 3.16. The minimum absolute atomic E-state index is 0.000726. The Morgan fingerprint density at radius 1 is 1.42 bits per heavy atom. The van der Waals surface area contributed by atoms with Crippen LogP contribution in [0.25, 0.3) is 0 Å². The first kappa shape index (κ1) is 17.0. The second-order valence-electron chi connectivity index (χ2n) is 6.84. The maximum atomic E-state index is 11.4. The molecule has 6 nitrogen and oxygen atoms in total. The third kappa shape index (κ3) is 3.99. The van der Waals surface area contributed by atoms with Gasteiger partial charge >= 0.3 is 0 Å². The molecule has 6 heteroatoms. The number of benzene rings is 1. The first-order valence-corrected chi connectivity index (χ1v) is 8.74. The van der Waals surface area contributed by atoms with E-state index >= 15 is 0 Å². The molecule has 0 saturated heterocycles. The molecule has 0 spiro atoms. The van der Waals surface area contributed by atoms with E-state index in [2.05, 4.69) is 29.5 Å². The molecule has 3 N–H and O–H groups in total. The van der Waals surface area contributed by atoms with Crippen molar-refractivity contribution < 1.29 is 14.6 Å². The molecule has 1 fully saturated rings. The zero-order valence-corrected chi connectivity index (χ0v) is 14.5. The van der Waals surface area contributed by atoms with Crippen LogP contribution in [0.1, 0.15) is 25.3 Å². The lowest BCUT2D eigenvalue weighted by molar-refractivity contribution is -0.118. The first-order chi connectivity index (χ1) is 11.6. The summed E-state index contributed by atoms with van der Waals surface area (Å²) in [5, 5.41) is 16.0. The lowest BCUT2D eigenvalue weighted by atomic mass is 10.1. The minimum Gasteiger partial charge on any atom is -0.506 e. The van der Waals surface area contributed by atoms with Gasteiger partial charge in [0.15, 0.2) is 12.4 Å². The molecule has 2 aliphatic rings. The zero-order chi connectivity index (χ0) is 17.1. The van der Waals surface area contributed by atoms with Crippen LogP contribution < -0.4 is 15.4 Å². The highest BCUT2D eigenvalue weighted by molar-refractivity contribution is 5.97. The molecule has 132 valence electrons. The highest BCUT2D eigenvalue weighted by atomic mass is 16.5. The number of nitrogens with one attached hydrogen (secondary N) is 2. The van der Waals surface area contributed by atoms with Crippen LogP contribution in [-0.4, -0.2) is 55.2 Å². The van der Waals surface area contributed by atoms with Gasteiger partial charge in [0.05, 0.1) is 0 Å². The van der Waals surface area contributed by atoms with Gasteiger partial charge in [-0.15, -0.1) is 0 Å². The third-order valence-corrected chi connectivity index (χ3v) is 5.04. The predicted molar refractivity (Wildman–Crippen MR) is 93.6 cm³/mol. The number of anilines is 1. The van der Waals surface area contributed by atoms with E-state index in [-0.39, 0.29) is 18.3 Å². The van der Waals surface area contributed by atoms with E-state index in [4.69, 9.17) is 4.74 Å². The van der Waals surface area contributed by atoms with Crippen LogP contribution in [0.5, 0.6) is 11.5 Å². The van der Waals surface area contributed by atoms with Gasteiger partial charge in [-0.25, -0.2) is 0 Å². The van der Waals surface area contributed by atoms with Crippen molar-refractivity contribution in [3.05, 3.63) is 17.7 Å². The van der Waals surface area contributed by atoms with E-state index < -0.39 is 0 Å². The van der Waals surface area contributed by atoms with Gasteiger partial charge in [-0.1, -0.05) is 6.07 Å². The van der Waals surface area contributed by atoms with Crippen LogP contribution in [0.3, 0.4) is 0 Å². The normalized spacial score (nSPS) is 18.0. The number of carbonyl (C=O) groups is 1. The van der Waals surface area contributed by atoms with Crippen LogP contribution >= 0.6 is 0 Å². The van der Waals surface area contributed by atoms with Gasteiger partial charge in [0.1, 0.15) is 11.4 Å². The van der Waals surface area contributed by atoms with Crippen LogP contribution in [0.15, 0.2) is 12.1 Å². The summed E-state index contributed by atoms with van der Waals surface area (Å²) in [6.45, 7) is 5.14. The number of likely N-dealkylation sites (N-methyl/N-ethyl adjacent to an activating group) is 1. The van der Waals surface area contributed by atoms with Gasteiger partial charge < -0.3 is 25.4 Å². The Morgan fingerprint density at radius 3 is 2.96 bits per heavy atom. The Kier molecular flexibility index (Phi) is 5.26. The van der Waals surface area contributed by atoms with Crippen molar-refractivity contribution in [2.75, 3.05) is 38.6 Å². The van der Waals surface area contributed by atoms with E-state index in [1.807, 2.05) is 6.07 Å². The zero-order valence-electron chi connectivity index (χ0n) is 14.5. The van der Waals surface area contributed by atoms with Crippen LogP contribution in [0, 0.1) is 5.92 Å². The second kappa shape index (κ2) is 7.40. The molecular formula is C18H27N3O3. The van der Waals surface area contributed by atoms with Gasteiger partial charge in [0, 0.05) is 19.1 Å². The number of fused-ring (bicyclic) bond motifs is 1. The highest BCUT2D eigenvalue weighted by Crippen LogP contribution is 2.39. The van der Waals surface area contributed by atoms with Crippen molar-refractivity contribution in [2.45, 2.75) is 32.2 Å². The maximum Gasteiger partial charge on any atom is 0.262 e. The molecule has 1 unspecified atom stereocenters. The monoisotopic (exact) mass is 333 g/mol. The summed E-state index contributed by atoms with van der Waals surface area (Å²) in [4.78, 5) is 13.8. The summed E-state index contributed by atoms with van der Waals surface area (Å²) < 4.78 is 5.50. The number of aromatic hydroxyl groups is 1. The number of rotatable bonds is 8. The molecule has 1 aliphatic heterocycles. The van der Waals surface area contributed by atoms with Crippen LogP contribution in [0.2, 0.25) is 0 Å². The molecule has 1 aromatic carbocycles. The molecule has 0 aromatic heterocycles. The standard InChI is InChI=1S/C18H27N3O3/c1-12(13-3-4-13)21(2)10-9-19-8-7-14-5-6-15(22)17-18(14)24-11-16(23)20-17/h5-6,12-13,19,22H,3-4,7-11H2,1-2H3,(H,20,23). The number of phenols is 1. The molecule has 1 aromatic rings. The van der Waals surface area contributed by atoms with E-state index in [1.165, 1.54) is 12.8 Å². The number of carbonyl (C=O) groups excluding carboxylic acids is 1. The van der Waals surface area contributed by atoms with Crippen LogP contribution in [-0.2, 0) is 11.2 Å². The summed E-state index contributed by atoms with van der Waals surface area (Å²) in [6.07, 6.45) is 3.54. The second-order valence-corrected chi connectivity index (χ2v) is 6.84. The number of phenolic OH excluding ortho intramolecular Hbond substituents is 1. The van der Waals surface area contributed by atoms with E-state index in [1.54, 1.807) is 6.07 Å². The first-order valence-electron chi connectivity index (χ1n) is 8.74. The molecule has 1 amide bonds. The molecule has 1 atom stereocenters. The number of hydrogen-bond donors (Lipinski definition) is 3. The Morgan fingerprint density at radius 2 is 2.21 bits per heavy atom. The molecule has 1 aliphatic carbocycles. The summed E-state index contributed by atoms with van der Waals surface area (Å²) in [7, 11) is 2.19. The number of ether oxygens (including phenoxy) is 1. The summed E-state index contributed by atoms with van der Waals surface area (Å²) in [5.41, 5.74) is 1.39. The Labute approximate surface area is 143 Å². The number of nitrogens with zero attached hydrogens (tertiary/aromatic N) is 1. The molecule has 1 saturated carbocycles. The topological polar surface area (TPSA) is 73.8 Å². The van der Waals surface area contributed by atoms with Crippen molar-refractivity contribution in [3.63, 3.8) is 0 Å². The molecule has 1 heterocycles. The smallest absolute Gasteiger partial charge is 0.262 e. The lowest BCUT2D eigenvalue weighted by Gasteiger charge is -2.24. The van der Waals surface area contributed by atoms with E-state index in [0.29, 0.717) is 17.5 Å². The third-order valence-electron chi connectivity index (χ3n) is 5.04. The van der Waals surface area contributed by atoms with Crippen molar-refractivity contribution in [1.82, 2.24) is 10.2 Å². The van der Waals surface area contributed by atoms with Crippen molar-refractivity contribution in [3.8, 4) is 11.5 Å². The lowest BCUT2D eigenvalue weighted by Crippen LogP contribution is -2.37. The van der Waals surface area contributed by atoms with Gasteiger partial charge in [-0.2, -0.15) is 0 Å². The largest absolute Gasteiger partial charge is 0.506 e. The molecule has 0 radical (unpaired) electrons. The average Bonchev–Trinajstić information content (AvgIpc) is 3.40. The fraction of sp³-hybridized carbons (Fsp3) is 0.611. The predicted octanol–water partition coefficient (Wildman–Crippen LogP) is 1.59. The van der Waals surface area contributed by atoms with Gasteiger partial charge in [0.2, 0.25) is 0 Å². The molecule has 3 rings (SSSR count). The fourth-order valence-electron chi connectivity index (χ4n) is 3.16. The maximum absolute atomic E-state index is 11.4. The SMILES string of the molecule is CC(C1CC1)N(C)CCNCCc1ccc(O)c2c1OCC(=O)N2. The minimum atomic E-state index is -0.235. The number of amides is 1. The van der Waals surface area contributed by atoms with Crippen molar-refractivity contribution in [2.24, 2.45) is 5.92 Å². The van der Waals surface area contributed by atoms with Gasteiger partial charge in [-0.05, 0) is 57.3 Å². The molecule has 0 bridgehead atoms. The molecular weight excluding hydrogens is 306 g/mol. The van der Waals surface area contributed by atoms with E-state index in [9.17, 15) is 9.90 Å². The highest BCUT2D eigenvalue weighted by Gasteiger charge is 2.30. The van der Waals surface area contributed by atoms with Crippen molar-refractivity contribution >= 4 is 11.6 Å². The average molecular weight is 333 g/mol. The van der Waals surface area contributed by atoms with Crippen molar-refractivity contribution in [1.29, 1.82) is 0 Å². The summed E-state index contributed by atoms with van der Waals surface area (Å²) in [6, 6.07) is 4.14. The van der Waals surface area contributed by atoms with E-state index in [0.717, 1.165) is 37.5 Å². The van der Waals surface area contributed by atoms with Gasteiger partial charge in [-0.3, -0.25) is 4.79 Å². The molecule has 24 heavy (non-hydrogen) atoms. The van der Waals surface area contributed by atoms with Crippen LogP contribution in [0.4, 0.5) is 5.69 Å². The Hall–Kier alpha value is -1.79. The summed E-state index contributed by atoms with van der Waals surface area (Å²) >= 11 is 0. The Balaban J connectivity index is 1.45. The Bertz CT molecular complexity index is 601. The number of hydrogen-bond acceptors (Lipinski definition) is 5. The quantitative estimate of drug-likeness (QED) is 0.498.